The van der Waals surface area contributed by atoms with Crippen LogP contribution in [0.5, 0.6) is 0 Å². The van der Waals surface area contributed by atoms with Crippen LogP contribution in [0.15, 0.2) is 17.8 Å². The second kappa shape index (κ2) is 5.73. The summed E-state index contributed by atoms with van der Waals surface area (Å²) in [6.45, 7) is 3.92. The van der Waals surface area contributed by atoms with Crippen molar-refractivity contribution < 1.29 is 13.2 Å². The zero-order valence-corrected chi connectivity index (χ0v) is 13.1. The maximum absolute atomic E-state index is 12.5. The second-order valence-corrected chi connectivity index (χ2v) is 5.82. The van der Waals surface area contributed by atoms with E-state index >= 15 is 0 Å². The zero-order valence-electron chi connectivity index (χ0n) is 12.3. The molecule has 0 aliphatic heterocycles. The Morgan fingerprint density at radius 2 is 1.83 bits per heavy atom. The van der Waals surface area contributed by atoms with E-state index in [0.717, 1.165) is 28.2 Å². The summed E-state index contributed by atoms with van der Waals surface area (Å²) in [4.78, 5) is 17.1. The molecule has 3 aromatic heterocycles. The molecule has 0 unspecified atom stereocenters. The van der Waals surface area contributed by atoms with E-state index in [2.05, 4.69) is 25.3 Å². The van der Waals surface area contributed by atoms with Gasteiger partial charge in [0.15, 0.2) is 0 Å². The highest BCUT2D eigenvalue weighted by Crippen LogP contribution is 2.30. The lowest BCUT2D eigenvalue weighted by molar-refractivity contribution is -0.138. The van der Waals surface area contributed by atoms with Gasteiger partial charge >= 0.3 is 6.18 Å². The predicted octanol–water partition coefficient (Wildman–Crippen LogP) is 3.73. The fourth-order valence-corrected chi connectivity index (χ4v) is 3.04. The number of halogens is 3. The van der Waals surface area contributed by atoms with Crippen LogP contribution in [0.2, 0.25) is 0 Å². The lowest BCUT2D eigenvalue weighted by Crippen LogP contribution is -2.10. The van der Waals surface area contributed by atoms with E-state index < -0.39 is 11.7 Å². The molecule has 0 radical (unpaired) electrons. The van der Waals surface area contributed by atoms with Gasteiger partial charge in [0.05, 0.1) is 17.5 Å². The van der Waals surface area contributed by atoms with Crippen molar-refractivity contribution in [3.8, 4) is 0 Å². The summed E-state index contributed by atoms with van der Waals surface area (Å²) in [5.41, 5.74) is 0.177. The van der Waals surface area contributed by atoms with Gasteiger partial charge in [-0.1, -0.05) is 0 Å². The molecule has 0 bridgehead atoms. The molecule has 0 aliphatic carbocycles. The normalized spacial score (nSPS) is 11.9. The van der Waals surface area contributed by atoms with Gasteiger partial charge in [0.1, 0.15) is 22.3 Å². The Kier molecular flexibility index (Phi) is 3.88. The van der Waals surface area contributed by atoms with Crippen molar-refractivity contribution in [3.63, 3.8) is 0 Å². The van der Waals surface area contributed by atoms with E-state index in [1.807, 2.05) is 12.3 Å². The van der Waals surface area contributed by atoms with Crippen molar-refractivity contribution in [3.05, 3.63) is 40.5 Å². The van der Waals surface area contributed by atoms with Crippen LogP contribution in [0, 0.1) is 13.8 Å². The standard InChI is InChI=1S/C14H12F3N5S/c1-7-6-23-13-11(7)12(21-8(2)22-13)20-5-10-18-3-9(4-19-10)14(15,16)17/h3-4,6H,5H2,1-2H3,(H,20,21,22). The summed E-state index contributed by atoms with van der Waals surface area (Å²) in [5, 5.41) is 5.97. The summed E-state index contributed by atoms with van der Waals surface area (Å²) in [5.74, 6) is 1.51. The first-order chi connectivity index (χ1) is 10.8. The van der Waals surface area contributed by atoms with Crippen molar-refractivity contribution in [1.82, 2.24) is 19.9 Å². The smallest absolute Gasteiger partial charge is 0.362 e. The molecule has 0 fully saturated rings. The molecule has 3 heterocycles. The highest BCUT2D eigenvalue weighted by molar-refractivity contribution is 7.17. The third-order valence-electron chi connectivity index (χ3n) is 3.18. The van der Waals surface area contributed by atoms with Gasteiger partial charge in [-0.3, -0.25) is 0 Å². The van der Waals surface area contributed by atoms with Crippen molar-refractivity contribution in [2.45, 2.75) is 26.6 Å². The average Bonchev–Trinajstić information content (AvgIpc) is 2.85. The van der Waals surface area contributed by atoms with Crippen LogP contribution in [-0.2, 0) is 12.7 Å². The van der Waals surface area contributed by atoms with Crippen LogP contribution in [0.25, 0.3) is 10.2 Å². The third kappa shape index (κ3) is 3.24. The molecule has 1 N–H and O–H groups in total. The molecule has 23 heavy (non-hydrogen) atoms. The van der Waals surface area contributed by atoms with E-state index in [1.165, 1.54) is 11.3 Å². The van der Waals surface area contributed by atoms with Gasteiger partial charge in [-0.05, 0) is 24.8 Å². The molecule has 0 spiro atoms. The largest absolute Gasteiger partial charge is 0.419 e. The fraction of sp³-hybridized carbons (Fsp3) is 0.286. The van der Waals surface area contributed by atoms with Crippen LogP contribution >= 0.6 is 11.3 Å². The molecular formula is C14H12F3N5S. The fourth-order valence-electron chi connectivity index (χ4n) is 2.07. The Bertz CT molecular complexity index is 842. The molecule has 3 aromatic rings. The van der Waals surface area contributed by atoms with Gasteiger partial charge in [0.25, 0.3) is 0 Å². The first-order valence-electron chi connectivity index (χ1n) is 6.69. The molecule has 3 rings (SSSR count). The topological polar surface area (TPSA) is 63.6 Å². The Labute approximate surface area is 133 Å². The molecule has 0 aromatic carbocycles. The Hall–Kier alpha value is -2.29. The summed E-state index contributed by atoms with van der Waals surface area (Å²) < 4.78 is 37.5. The van der Waals surface area contributed by atoms with Gasteiger partial charge in [-0.15, -0.1) is 11.3 Å². The maximum Gasteiger partial charge on any atom is 0.419 e. The minimum Gasteiger partial charge on any atom is -0.362 e. The second-order valence-electron chi connectivity index (χ2n) is 4.96. The molecular weight excluding hydrogens is 327 g/mol. The van der Waals surface area contributed by atoms with Crippen molar-refractivity contribution >= 4 is 27.4 Å². The van der Waals surface area contributed by atoms with Crippen LogP contribution in [0.4, 0.5) is 19.0 Å². The quantitative estimate of drug-likeness (QED) is 0.788. The van der Waals surface area contributed by atoms with E-state index in [1.54, 1.807) is 6.92 Å². The molecule has 0 atom stereocenters. The van der Waals surface area contributed by atoms with Crippen molar-refractivity contribution in [2.24, 2.45) is 0 Å². The summed E-state index contributed by atoms with van der Waals surface area (Å²) in [6, 6.07) is 0. The van der Waals surface area contributed by atoms with E-state index in [-0.39, 0.29) is 12.4 Å². The maximum atomic E-state index is 12.5. The number of hydrogen-bond donors (Lipinski definition) is 1. The molecule has 0 amide bonds. The van der Waals surface area contributed by atoms with Crippen LogP contribution < -0.4 is 5.32 Å². The molecule has 9 heteroatoms. The highest BCUT2D eigenvalue weighted by Gasteiger charge is 2.31. The number of anilines is 1. The lowest BCUT2D eigenvalue weighted by Gasteiger charge is -2.09. The summed E-state index contributed by atoms with van der Waals surface area (Å²) in [7, 11) is 0. The monoisotopic (exact) mass is 339 g/mol. The first-order valence-corrected chi connectivity index (χ1v) is 7.57. The van der Waals surface area contributed by atoms with Gasteiger partial charge in [-0.2, -0.15) is 13.2 Å². The van der Waals surface area contributed by atoms with Gasteiger partial charge in [-0.25, -0.2) is 19.9 Å². The number of nitrogens with one attached hydrogen (secondary N) is 1. The summed E-state index contributed by atoms with van der Waals surface area (Å²) in [6.07, 6.45) is -2.88. The number of aromatic nitrogens is 4. The highest BCUT2D eigenvalue weighted by atomic mass is 32.1. The first kappa shape index (κ1) is 15.6. The van der Waals surface area contributed by atoms with Gasteiger partial charge in [0, 0.05) is 12.4 Å². The Morgan fingerprint density at radius 3 is 2.48 bits per heavy atom. The van der Waals surface area contributed by atoms with Crippen molar-refractivity contribution in [2.75, 3.05) is 5.32 Å². The third-order valence-corrected chi connectivity index (χ3v) is 4.17. The number of alkyl halides is 3. The minimum absolute atomic E-state index is 0.180. The van der Waals surface area contributed by atoms with Gasteiger partial charge < -0.3 is 5.32 Å². The predicted molar refractivity (Wildman–Crippen MR) is 81.2 cm³/mol. The number of nitrogens with zero attached hydrogens (tertiary/aromatic N) is 4. The number of fused-ring (bicyclic) bond motifs is 1. The molecule has 0 aliphatic rings. The van der Waals surface area contributed by atoms with Crippen molar-refractivity contribution in [1.29, 1.82) is 0 Å². The number of hydrogen-bond acceptors (Lipinski definition) is 6. The molecule has 5 nitrogen and oxygen atoms in total. The summed E-state index contributed by atoms with van der Waals surface area (Å²) >= 11 is 1.52. The Balaban J connectivity index is 1.82. The number of aryl methyl sites for hydroxylation is 2. The number of rotatable bonds is 3. The number of thiophene rings is 1. The van der Waals surface area contributed by atoms with Crippen LogP contribution in [0.1, 0.15) is 22.8 Å². The lowest BCUT2D eigenvalue weighted by atomic mass is 10.2. The molecule has 0 saturated carbocycles. The van der Waals surface area contributed by atoms with E-state index in [9.17, 15) is 13.2 Å². The van der Waals surface area contributed by atoms with Crippen LogP contribution in [-0.4, -0.2) is 19.9 Å². The van der Waals surface area contributed by atoms with E-state index in [4.69, 9.17) is 0 Å². The van der Waals surface area contributed by atoms with E-state index in [0.29, 0.717) is 11.6 Å². The Morgan fingerprint density at radius 1 is 1.13 bits per heavy atom. The SMILES string of the molecule is Cc1nc(NCc2ncc(C(F)(F)F)cn2)c2c(C)csc2n1. The van der Waals surface area contributed by atoms with Gasteiger partial charge in [0.2, 0.25) is 0 Å². The average molecular weight is 339 g/mol. The molecule has 120 valence electrons. The minimum atomic E-state index is -4.43. The zero-order chi connectivity index (χ0) is 16.6. The van der Waals surface area contributed by atoms with Crippen LogP contribution in [0.3, 0.4) is 0 Å². The molecule has 0 saturated heterocycles.